The van der Waals surface area contributed by atoms with Crippen molar-refractivity contribution in [2.24, 2.45) is 0 Å². The molecule has 0 fully saturated rings. The number of halogens is 1. The molecule has 0 aliphatic heterocycles. The molecule has 138 valence electrons. The molecule has 1 unspecified atom stereocenters. The maximum absolute atomic E-state index is 5.45. The summed E-state index contributed by atoms with van der Waals surface area (Å²) in [5, 5.41) is 7.28. The highest BCUT2D eigenvalue weighted by Crippen LogP contribution is 2.19. The summed E-state index contributed by atoms with van der Waals surface area (Å²) >= 11 is 0. The standard InChI is InChI=1S/C19H23N5O.ClH/c1-15(20-2)11-18-22-19(25-23-18)14-24(17-8-4-3-5-9-17)13-16-7-6-10-21-12-16;/h3-10,12,15,20H,11,13-14H2,1-2H3;1H. The van der Waals surface area contributed by atoms with Crippen molar-refractivity contribution < 1.29 is 4.52 Å². The van der Waals surface area contributed by atoms with Crippen molar-refractivity contribution >= 4 is 18.1 Å². The number of rotatable bonds is 8. The van der Waals surface area contributed by atoms with Gasteiger partial charge in [-0.25, -0.2) is 0 Å². The molecule has 0 saturated heterocycles. The number of aromatic nitrogens is 3. The molecular formula is C19H24ClN5O. The van der Waals surface area contributed by atoms with Crippen LogP contribution in [0, 0.1) is 0 Å². The normalized spacial score (nSPS) is 11.6. The highest BCUT2D eigenvalue weighted by atomic mass is 35.5. The SMILES string of the molecule is CNC(C)Cc1noc(CN(Cc2cccnc2)c2ccccc2)n1.Cl. The first-order valence-electron chi connectivity index (χ1n) is 8.42. The molecular weight excluding hydrogens is 350 g/mol. The Morgan fingerprint density at radius 3 is 2.62 bits per heavy atom. The molecule has 0 aliphatic carbocycles. The fourth-order valence-electron chi connectivity index (χ4n) is 2.57. The monoisotopic (exact) mass is 373 g/mol. The van der Waals surface area contributed by atoms with Crippen molar-refractivity contribution in [2.75, 3.05) is 11.9 Å². The van der Waals surface area contributed by atoms with Gasteiger partial charge in [-0.15, -0.1) is 12.4 Å². The fourth-order valence-corrected chi connectivity index (χ4v) is 2.57. The van der Waals surface area contributed by atoms with Gasteiger partial charge in [0.25, 0.3) is 0 Å². The summed E-state index contributed by atoms with van der Waals surface area (Å²) in [7, 11) is 1.93. The Balaban J connectivity index is 0.00000243. The number of anilines is 1. The highest BCUT2D eigenvalue weighted by molar-refractivity contribution is 5.85. The van der Waals surface area contributed by atoms with Crippen molar-refractivity contribution in [3.05, 3.63) is 72.1 Å². The topological polar surface area (TPSA) is 67.1 Å². The lowest BCUT2D eigenvalue weighted by atomic mass is 10.2. The van der Waals surface area contributed by atoms with Gasteiger partial charge in [-0.3, -0.25) is 4.98 Å². The van der Waals surface area contributed by atoms with Crippen LogP contribution in [-0.2, 0) is 19.5 Å². The van der Waals surface area contributed by atoms with Gasteiger partial charge in [0.1, 0.15) is 0 Å². The molecule has 1 atom stereocenters. The Hall–Kier alpha value is -2.44. The number of hydrogen-bond donors (Lipinski definition) is 1. The number of pyridine rings is 1. The maximum atomic E-state index is 5.45. The predicted octanol–water partition coefficient (Wildman–Crippen LogP) is 3.24. The van der Waals surface area contributed by atoms with E-state index in [9.17, 15) is 0 Å². The number of hydrogen-bond acceptors (Lipinski definition) is 6. The quantitative estimate of drug-likeness (QED) is 0.653. The van der Waals surface area contributed by atoms with Crippen LogP contribution in [-0.4, -0.2) is 28.2 Å². The van der Waals surface area contributed by atoms with Crippen molar-refractivity contribution in [3.63, 3.8) is 0 Å². The molecule has 3 rings (SSSR count). The van der Waals surface area contributed by atoms with E-state index in [0.29, 0.717) is 18.5 Å². The largest absolute Gasteiger partial charge is 0.358 e. The molecule has 0 radical (unpaired) electrons. The van der Waals surface area contributed by atoms with Crippen molar-refractivity contribution in [1.82, 2.24) is 20.4 Å². The summed E-state index contributed by atoms with van der Waals surface area (Å²) in [5.74, 6) is 1.34. The van der Waals surface area contributed by atoms with E-state index in [1.54, 1.807) is 6.20 Å². The predicted molar refractivity (Wildman–Crippen MR) is 104 cm³/mol. The van der Waals surface area contributed by atoms with Crippen LogP contribution < -0.4 is 10.2 Å². The average Bonchev–Trinajstić information content (AvgIpc) is 3.09. The Morgan fingerprint density at radius 2 is 1.92 bits per heavy atom. The first-order valence-corrected chi connectivity index (χ1v) is 8.42. The molecule has 0 spiro atoms. The minimum absolute atomic E-state index is 0. The van der Waals surface area contributed by atoms with Crippen molar-refractivity contribution in [3.8, 4) is 0 Å². The van der Waals surface area contributed by atoms with Crippen molar-refractivity contribution in [1.29, 1.82) is 0 Å². The molecule has 0 bridgehead atoms. The van der Waals surface area contributed by atoms with Crippen molar-refractivity contribution in [2.45, 2.75) is 32.5 Å². The lowest BCUT2D eigenvalue weighted by molar-refractivity contribution is 0.368. The number of likely N-dealkylation sites (N-methyl/N-ethyl adjacent to an activating group) is 1. The van der Waals surface area contributed by atoms with E-state index in [0.717, 1.165) is 30.0 Å². The van der Waals surface area contributed by atoms with E-state index in [1.807, 2.05) is 37.5 Å². The van der Waals surface area contributed by atoms with Gasteiger partial charge in [0.15, 0.2) is 5.82 Å². The second-order valence-corrected chi connectivity index (χ2v) is 6.05. The number of para-hydroxylation sites is 1. The Kier molecular flexibility index (Phi) is 7.56. The zero-order chi connectivity index (χ0) is 17.5. The maximum Gasteiger partial charge on any atom is 0.246 e. The number of nitrogens with one attached hydrogen (secondary N) is 1. The van der Waals surface area contributed by atoms with E-state index in [1.165, 1.54) is 0 Å². The van der Waals surface area contributed by atoms with Crippen LogP contribution in [0.5, 0.6) is 0 Å². The Labute approximate surface area is 160 Å². The van der Waals surface area contributed by atoms with E-state index in [4.69, 9.17) is 4.52 Å². The Morgan fingerprint density at radius 1 is 1.12 bits per heavy atom. The summed E-state index contributed by atoms with van der Waals surface area (Å²) < 4.78 is 5.45. The van der Waals surface area contributed by atoms with Gasteiger partial charge in [-0.05, 0) is 37.7 Å². The molecule has 2 aromatic heterocycles. The molecule has 7 heteroatoms. The molecule has 0 saturated carbocycles. The van der Waals surface area contributed by atoms with Gasteiger partial charge in [0.2, 0.25) is 5.89 Å². The van der Waals surface area contributed by atoms with Gasteiger partial charge >= 0.3 is 0 Å². The van der Waals surface area contributed by atoms with E-state index < -0.39 is 0 Å². The van der Waals surface area contributed by atoms with Crippen LogP contribution in [0.25, 0.3) is 0 Å². The van der Waals surface area contributed by atoms with Gasteiger partial charge in [0, 0.05) is 37.1 Å². The van der Waals surface area contributed by atoms with Gasteiger partial charge in [-0.2, -0.15) is 4.98 Å². The average molecular weight is 374 g/mol. The van der Waals surface area contributed by atoms with Gasteiger partial charge in [0.05, 0.1) is 6.54 Å². The third-order valence-electron chi connectivity index (χ3n) is 4.04. The minimum atomic E-state index is 0. The molecule has 2 heterocycles. The van der Waals surface area contributed by atoms with Crippen LogP contribution in [0.2, 0.25) is 0 Å². The zero-order valence-corrected chi connectivity index (χ0v) is 15.8. The third kappa shape index (κ3) is 5.54. The molecule has 3 aromatic rings. The third-order valence-corrected chi connectivity index (χ3v) is 4.04. The fraction of sp³-hybridized carbons (Fsp3) is 0.316. The second kappa shape index (κ2) is 9.89. The lowest BCUT2D eigenvalue weighted by Gasteiger charge is -2.23. The number of nitrogens with zero attached hydrogens (tertiary/aromatic N) is 4. The van der Waals surface area contributed by atoms with Crippen LogP contribution in [0.4, 0.5) is 5.69 Å². The van der Waals surface area contributed by atoms with E-state index in [-0.39, 0.29) is 12.4 Å². The van der Waals surface area contributed by atoms with Crippen LogP contribution >= 0.6 is 12.4 Å². The van der Waals surface area contributed by atoms with Gasteiger partial charge < -0.3 is 14.7 Å². The first-order chi connectivity index (χ1) is 12.2. The molecule has 1 N–H and O–H groups in total. The summed E-state index contributed by atoms with van der Waals surface area (Å²) in [4.78, 5) is 10.9. The molecule has 26 heavy (non-hydrogen) atoms. The van der Waals surface area contributed by atoms with E-state index in [2.05, 4.69) is 50.5 Å². The van der Waals surface area contributed by atoms with E-state index >= 15 is 0 Å². The molecule has 0 amide bonds. The summed E-state index contributed by atoms with van der Waals surface area (Å²) in [6.07, 6.45) is 4.40. The highest BCUT2D eigenvalue weighted by Gasteiger charge is 2.14. The lowest BCUT2D eigenvalue weighted by Crippen LogP contribution is -2.24. The molecule has 6 nitrogen and oxygen atoms in total. The number of benzene rings is 1. The second-order valence-electron chi connectivity index (χ2n) is 6.05. The molecule has 0 aliphatic rings. The summed E-state index contributed by atoms with van der Waals surface area (Å²) in [5.41, 5.74) is 2.24. The first kappa shape index (κ1) is 19.9. The van der Waals surface area contributed by atoms with Crippen LogP contribution in [0.3, 0.4) is 0 Å². The minimum Gasteiger partial charge on any atom is -0.358 e. The van der Waals surface area contributed by atoms with Crippen LogP contribution in [0.15, 0.2) is 59.4 Å². The Bertz CT molecular complexity index is 766. The van der Waals surface area contributed by atoms with Gasteiger partial charge in [-0.1, -0.05) is 29.4 Å². The molecule has 1 aromatic carbocycles. The summed E-state index contributed by atoms with van der Waals surface area (Å²) in [6.45, 7) is 3.37. The zero-order valence-electron chi connectivity index (χ0n) is 15.0. The van der Waals surface area contributed by atoms with Crippen LogP contribution in [0.1, 0.15) is 24.2 Å². The summed E-state index contributed by atoms with van der Waals surface area (Å²) in [6, 6.07) is 14.5. The smallest absolute Gasteiger partial charge is 0.246 e.